The van der Waals surface area contributed by atoms with Gasteiger partial charge in [0.2, 0.25) is 0 Å². The summed E-state index contributed by atoms with van der Waals surface area (Å²) in [6.07, 6.45) is 31.6. The van der Waals surface area contributed by atoms with Gasteiger partial charge in [0.05, 0.1) is 6.10 Å². The van der Waals surface area contributed by atoms with Gasteiger partial charge < -0.3 is 5.11 Å². The minimum atomic E-state index is -0.0424. The van der Waals surface area contributed by atoms with E-state index in [1.54, 1.807) is 0 Å². The lowest BCUT2D eigenvalue weighted by molar-refractivity contribution is -0.0791. The summed E-state index contributed by atoms with van der Waals surface area (Å²) in [5, 5.41) is 10.4. The molecule has 0 spiro atoms. The molecular formula is C47H90O. The molecule has 0 radical (unpaired) electrons. The third-order valence-electron chi connectivity index (χ3n) is 13.4. The van der Waals surface area contributed by atoms with Crippen molar-refractivity contribution in [2.45, 2.75) is 200 Å². The molecule has 11 atom stereocenters. The molecule has 11 unspecified atom stereocenters. The van der Waals surface area contributed by atoms with Crippen molar-refractivity contribution in [1.82, 2.24) is 0 Å². The van der Waals surface area contributed by atoms with E-state index < -0.39 is 0 Å². The highest BCUT2D eigenvalue weighted by Crippen LogP contribution is 2.69. The van der Waals surface area contributed by atoms with Gasteiger partial charge in [-0.05, 0) is 147 Å². The lowest BCUT2D eigenvalue weighted by atomic mass is 9.44. The molecule has 5 rings (SSSR count). The molecule has 1 nitrogen and oxygen atoms in total. The van der Waals surface area contributed by atoms with Gasteiger partial charge in [0, 0.05) is 0 Å². The fourth-order valence-electron chi connectivity index (χ4n) is 11.3. The monoisotopic (exact) mass is 671 g/mol. The second kappa shape index (κ2) is 23.5. The molecule has 0 aromatic heterocycles. The predicted molar refractivity (Wildman–Crippen MR) is 220 cm³/mol. The van der Waals surface area contributed by atoms with E-state index in [-0.39, 0.29) is 13.5 Å². The summed E-state index contributed by atoms with van der Waals surface area (Å²) < 4.78 is 0. The van der Waals surface area contributed by atoms with Crippen LogP contribution < -0.4 is 0 Å². The van der Waals surface area contributed by atoms with E-state index in [9.17, 15) is 5.11 Å². The molecule has 5 aliphatic carbocycles. The van der Waals surface area contributed by atoms with Crippen molar-refractivity contribution in [2.75, 3.05) is 0 Å². The van der Waals surface area contributed by atoms with Gasteiger partial charge in [-0.3, -0.25) is 0 Å². The average Bonchev–Trinajstić information content (AvgIpc) is 3.40. The number of allylic oxidation sites excluding steroid dienone is 2. The minimum absolute atomic E-state index is 0. The molecule has 1 N–H and O–H groups in total. The molecule has 0 heterocycles. The molecular weight excluding hydrogens is 581 g/mol. The molecule has 48 heavy (non-hydrogen) atoms. The summed E-state index contributed by atoms with van der Waals surface area (Å²) in [5.41, 5.74) is 3.52. The number of fused-ring (bicyclic) bond motifs is 5. The van der Waals surface area contributed by atoms with Crippen LogP contribution in [0.2, 0.25) is 0 Å². The van der Waals surface area contributed by atoms with E-state index in [4.69, 9.17) is 0 Å². The van der Waals surface area contributed by atoms with Crippen molar-refractivity contribution in [3.63, 3.8) is 0 Å². The molecule has 284 valence electrons. The second-order valence-corrected chi connectivity index (χ2v) is 17.0. The van der Waals surface area contributed by atoms with Gasteiger partial charge in [-0.25, -0.2) is 0 Å². The standard InChI is InChI=1S/C36H62O.3C2H6.C2H4.C2H2.CH4/c1-24-20-26(23-29(37)21-24)22-27-11-14-31-30(25(27)2)13-16-33-32-15-12-28(10-8-9-17-34(3,4)5)35(32,6)18-19-36(31,33)7;5*1-2;/h13,24-29,31-33,37H,8-12,14-23H2,1-7H3;3*1-2H3;1-2H2;1-2H;1H4. The van der Waals surface area contributed by atoms with Gasteiger partial charge in [-0.1, -0.05) is 122 Å². The SMILES string of the molecule is C.C#C.C=C.CC.CC.CC.CC1CC(O)CC(CC2CCC3C(=CCC4C5CCC(CCCCC(C)(C)C)C5(C)CCC34C)C2C)C1. The first-order valence-electron chi connectivity index (χ1n) is 20.6. The highest BCUT2D eigenvalue weighted by Gasteiger charge is 2.60. The number of hydrogen-bond acceptors (Lipinski definition) is 1. The maximum atomic E-state index is 10.4. The van der Waals surface area contributed by atoms with Crippen molar-refractivity contribution in [3.8, 4) is 12.8 Å². The van der Waals surface area contributed by atoms with Gasteiger partial charge in [-0.2, -0.15) is 0 Å². The van der Waals surface area contributed by atoms with Crippen LogP contribution in [0.5, 0.6) is 0 Å². The van der Waals surface area contributed by atoms with E-state index in [1.807, 2.05) is 47.1 Å². The maximum Gasteiger partial charge on any atom is 0.0545 e. The summed E-state index contributed by atoms with van der Waals surface area (Å²) >= 11 is 0. The molecule has 4 saturated carbocycles. The summed E-state index contributed by atoms with van der Waals surface area (Å²) in [6.45, 7) is 35.6. The number of hydrogen-bond donors (Lipinski definition) is 1. The Labute approximate surface area is 305 Å². The van der Waals surface area contributed by atoms with Crippen LogP contribution in [0.25, 0.3) is 0 Å². The summed E-state index contributed by atoms with van der Waals surface area (Å²) in [4.78, 5) is 0. The molecule has 0 amide bonds. The molecule has 0 bridgehead atoms. The van der Waals surface area contributed by atoms with Crippen molar-refractivity contribution >= 4 is 0 Å². The highest BCUT2D eigenvalue weighted by molar-refractivity contribution is 5.25. The Morgan fingerprint density at radius 2 is 1.40 bits per heavy atom. The fourth-order valence-corrected chi connectivity index (χ4v) is 11.3. The van der Waals surface area contributed by atoms with E-state index in [1.165, 1.54) is 83.5 Å². The fraction of sp³-hybridized carbons (Fsp3) is 0.872. The van der Waals surface area contributed by atoms with Gasteiger partial charge in [0.25, 0.3) is 0 Å². The number of terminal acetylenes is 1. The maximum absolute atomic E-state index is 10.4. The van der Waals surface area contributed by atoms with Crippen molar-refractivity contribution in [3.05, 3.63) is 24.8 Å². The van der Waals surface area contributed by atoms with Crippen LogP contribution >= 0.6 is 0 Å². The lowest BCUT2D eigenvalue weighted by Crippen LogP contribution is -2.52. The Bertz CT molecular complexity index is 865. The third kappa shape index (κ3) is 12.1. The van der Waals surface area contributed by atoms with Crippen LogP contribution in [0.4, 0.5) is 0 Å². The molecule has 0 aromatic rings. The van der Waals surface area contributed by atoms with E-state index in [0.717, 1.165) is 54.3 Å². The zero-order valence-electron chi connectivity index (χ0n) is 34.4. The zero-order valence-corrected chi connectivity index (χ0v) is 34.4. The van der Waals surface area contributed by atoms with Gasteiger partial charge in [-0.15, -0.1) is 26.0 Å². The Balaban J connectivity index is 0. The summed E-state index contributed by atoms with van der Waals surface area (Å²) in [7, 11) is 0. The van der Waals surface area contributed by atoms with Gasteiger partial charge in [0.15, 0.2) is 0 Å². The van der Waals surface area contributed by atoms with Crippen molar-refractivity contribution in [2.24, 2.45) is 63.6 Å². The molecule has 0 aromatic carbocycles. The first-order valence-corrected chi connectivity index (χ1v) is 20.6. The third-order valence-corrected chi connectivity index (χ3v) is 13.4. The Morgan fingerprint density at radius 1 is 0.812 bits per heavy atom. The van der Waals surface area contributed by atoms with Crippen molar-refractivity contribution in [1.29, 1.82) is 0 Å². The van der Waals surface area contributed by atoms with Crippen LogP contribution in [0.15, 0.2) is 24.8 Å². The number of unbranched alkanes of at least 4 members (excludes halogenated alkanes) is 1. The molecule has 1 heteroatoms. The largest absolute Gasteiger partial charge is 0.393 e. The Kier molecular flexibility index (Phi) is 24.0. The molecule has 0 aliphatic heterocycles. The smallest absolute Gasteiger partial charge is 0.0545 e. The Hall–Kier alpha value is -1.00. The number of aliphatic hydroxyl groups excluding tert-OH is 1. The molecule has 4 fully saturated rings. The molecule has 0 saturated heterocycles. The van der Waals surface area contributed by atoms with E-state index in [2.05, 4.69) is 80.5 Å². The van der Waals surface area contributed by atoms with Crippen LogP contribution in [-0.2, 0) is 0 Å². The average molecular weight is 671 g/mol. The number of aliphatic hydroxyl groups is 1. The topological polar surface area (TPSA) is 20.2 Å². The summed E-state index contributed by atoms with van der Waals surface area (Å²) in [6, 6.07) is 0. The van der Waals surface area contributed by atoms with E-state index in [0.29, 0.717) is 22.2 Å². The van der Waals surface area contributed by atoms with Crippen LogP contribution in [0, 0.1) is 76.4 Å². The van der Waals surface area contributed by atoms with Crippen LogP contribution in [0.3, 0.4) is 0 Å². The first kappa shape index (κ1) is 49.1. The minimum Gasteiger partial charge on any atom is -0.393 e. The first-order chi connectivity index (χ1) is 22.4. The highest BCUT2D eigenvalue weighted by atomic mass is 16.3. The zero-order chi connectivity index (χ0) is 36.6. The molecule has 5 aliphatic rings. The quantitative estimate of drug-likeness (QED) is 0.169. The lowest BCUT2D eigenvalue weighted by Gasteiger charge is -2.61. The van der Waals surface area contributed by atoms with E-state index >= 15 is 0 Å². The number of rotatable bonds is 6. The Morgan fingerprint density at radius 3 is 1.96 bits per heavy atom. The van der Waals surface area contributed by atoms with Crippen LogP contribution in [-0.4, -0.2) is 11.2 Å². The van der Waals surface area contributed by atoms with Crippen LogP contribution in [0.1, 0.15) is 194 Å². The van der Waals surface area contributed by atoms with Crippen molar-refractivity contribution < 1.29 is 5.11 Å². The van der Waals surface area contributed by atoms with Gasteiger partial charge in [0.1, 0.15) is 0 Å². The second-order valence-electron chi connectivity index (χ2n) is 17.0. The van der Waals surface area contributed by atoms with Gasteiger partial charge >= 0.3 is 0 Å². The predicted octanol–water partition coefficient (Wildman–Crippen LogP) is 15.0. The normalized spacial score (nSPS) is 37.6. The summed E-state index contributed by atoms with van der Waals surface area (Å²) in [5.74, 6) is 6.80.